The zero-order valence-electron chi connectivity index (χ0n) is 15.8. The van der Waals surface area contributed by atoms with Gasteiger partial charge in [-0.05, 0) is 36.6 Å². The number of nitrogens with one attached hydrogen (secondary N) is 1. The van der Waals surface area contributed by atoms with Gasteiger partial charge in [0.05, 0.1) is 10.2 Å². The van der Waals surface area contributed by atoms with Crippen LogP contribution in [0.2, 0.25) is 5.02 Å². The summed E-state index contributed by atoms with van der Waals surface area (Å²) in [5.41, 5.74) is 6.19. The molecule has 0 fully saturated rings. The van der Waals surface area contributed by atoms with Crippen LogP contribution in [0.15, 0.2) is 47.5 Å². The minimum absolute atomic E-state index is 0.372. The number of anilines is 1. The van der Waals surface area contributed by atoms with Crippen LogP contribution in [0.3, 0.4) is 0 Å². The van der Waals surface area contributed by atoms with Crippen LogP contribution >= 0.6 is 22.9 Å². The van der Waals surface area contributed by atoms with Gasteiger partial charge >= 0.3 is 0 Å². The second kappa shape index (κ2) is 8.90. The van der Waals surface area contributed by atoms with Crippen molar-refractivity contribution in [2.45, 2.75) is 26.2 Å². The fraction of sp³-hybridized carbons (Fsp3) is 0.333. The number of hydrogen-bond donors (Lipinski definition) is 1. The lowest BCUT2D eigenvalue weighted by Gasteiger charge is -2.21. The van der Waals surface area contributed by atoms with E-state index in [9.17, 15) is 0 Å². The molecule has 0 atom stereocenters. The molecular formula is C21H23ClN4OS. The van der Waals surface area contributed by atoms with Crippen LogP contribution in [0.25, 0.3) is 10.2 Å². The fourth-order valence-electron chi connectivity index (χ4n) is 3.15. The number of rotatable bonds is 8. The summed E-state index contributed by atoms with van der Waals surface area (Å²) in [7, 11) is 0. The molecule has 7 heteroatoms. The molecule has 5 nitrogen and oxygen atoms in total. The summed E-state index contributed by atoms with van der Waals surface area (Å²) in [6, 6.07) is 14.4. The van der Waals surface area contributed by atoms with E-state index in [1.807, 2.05) is 18.2 Å². The molecule has 0 unspecified atom stereocenters. The first-order valence-corrected chi connectivity index (χ1v) is 10.7. The van der Waals surface area contributed by atoms with E-state index in [2.05, 4.69) is 46.6 Å². The molecule has 0 amide bonds. The highest BCUT2D eigenvalue weighted by Crippen LogP contribution is 2.31. The topological polar surface area (TPSA) is 49.8 Å². The third kappa shape index (κ3) is 4.46. The molecule has 0 spiro atoms. The van der Waals surface area contributed by atoms with Crippen LogP contribution in [-0.2, 0) is 11.3 Å². The molecule has 0 saturated carbocycles. The van der Waals surface area contributed by atoms with E-state index in [1.54, 1.807) is 11.3 Å². The molecule has 1 aliphatic heterocycles. The van der Waals surface area contributed by atoms with Crippen LogP contribution in [0, 0.1) is 0 Å². The quantitative estimate of drug-likeness (QED) is 0.561. The van der Waals surface area contributed by atoms with Gasteiger partial charge in [0.25, 0.3) is 0 Å². The summed E-state index contributed by atoms with van der Waals surface area (Å²) in [5, 5.41) is 1.83. The summed E-state index contributed by atoms with van der Waals surface area (Å²) >= 11 is 7.85. The van der Waals surface area contributed by atoms with Gasteiger partial charge in [-0.15, -0.1) is 0 Å². The number of amidine groups is 1. The lowest BCUT2D eigenvalue weighted by atomic mass is 10.1. The SMILES string of the molecule is CCCCN(CCc1ccc(C2=NCON2)cc1)c1nc2ccc(Cl)cc2s1. The number of fused-ring (bicyclic) bond motifs is 1. The Hall–Kier alpha value is -2.15. The fourth-order valence-corrected chi connectivity index (χ4v) is 4.44. The first-order valence-electron chi connectivity index (χ1n) is 9.55. The van der Waals surface area contributed by atoms with Gasteiger partial charge < -0.3 is 4.90 Å². The third-order valence-corrected chi connectivity index (χ3v) is 6.06. The molecule has 1 aliphatic rings. The van der Waals surface area contributed by atoms with Gasteiger partial charge in [-0.25, -0.2) is 15.5 Å². The molecule has 0 bridgehead atoms. The number of thiazole rings is 1. The van der Waals surface area contributed by atoms with E-state index >= 15 is 0 Å². The maximum Gasteiger partial charge on any atom is 0.186 e. The predicted octanol–water partition coefficient (Wildman–Crippen LogP) is 5.04. The monoisotopic (exact) mass is 414 g/mol. The molecule has 1 aromatic heterocycles. The van der Waals surface area contributed by atoms with E-state index in [1.165, 1.54) is 12.0 Å². The Kier molecular flexibility index (Phi) is 6.10. The Balaban J connectivity index is 1.46. The minimum Gasteiger partial charge on any atom is -0.348 e. The van der Waals surface area contributed by atoms with Crippen LogP contribution in [0.1, 0.15) is 30.9 Å². The van der Waals surface area contributed by atoms with E-state index in [4.69, 9.17) is 21.4 Å². The maximum absolute atomic E-state index is 6.14. The van der Waals surface area contributed by atoms with Gasteiger partial charge in [0, 0.05) is 23.7 Å². The van der Waals surface area contributed by atoms with Crippen molar-refractivity contribution in [1.82, 2.24) is 10.5 Å². The van der Waals surface area contributed by atoms with Crippen LogP contribution in [0.4, 0.5) is 5.13 Å². The molecule has 4 rings (SSSR count). The van der Waals surface area contributed by atoms with Gasteiger partial charge in [-0.1, -0.05) is 60.5 Å². The van der Waals surface area contributed by atoms with Gasteiger partial charge in [-0.3, -0.25) is 4.84 Å². The Morgan fingerprint density at radius 1 is 1.18 bits per heavy atom. The molecular weight excluding hydrogens is 392 g/mol. The highest BCUT2D eigenvalue weighted by Gasteiger charge is 2.13. The Morgan fingerprint density at radius 3 is 2.79 bits per heavy atom. The number of nitrogens with zero attached hydrogens (tertiary/aromatic N) is 3. The van der Waals surface area contributed by atoms with Crippen molar-refractivity contribution in [1.29, 1.82) is 0 Å². The molecule has 0 aliphatic carbocycles. The Bertz CT molecular complexity index is 970. The molecule has 2 aromatic carbocycles. The lowest BCUT2D eigenvalue weighted by Crippen LogP contribution is -2.26. The minimum atomic E-state index is 0.372. The summed E-state index contributed by atoms with van der Waals surface area (Å²) in [4.78, 5) is 16.6. The van der Waals surface area contributed by atoms with Crippen molar-refractivity contribution in [3.63, 3.8) is 0 Å². The summed E-state index contributed by atoms with van der Waals surface area (Å²) in [5.74, 6) is 0.796. The maximum atomic E-state index is 6.14. The molecule has 0 radical (unpaired) electrons. The third-order valence-electron chi connectivity index (χ3n) is 4.75. The van der Waals surface area contributed by atoms with Gasteiger partial charge in [-0.2, -0.15) is 0 Å². The number of halogens is 1. The van der Waals surface area contributed by atoms with Gasteiger partial charge in [0.15, 0.2) is 17.7 Å². The molecule has 2 heterocycles. The largest absolute Gasteiger partial charge is 0.348 e. The van der Waals surface area contributed by atoms with Crippen LogP contribution < -0.4 is 10.4 Å². The van der Waals surface area contributed by atoms with E-state index in [0.717, 1.165) is 57.7 Å². The van der Waals surface area contributed by atoms with Crippen molar-refractivity contribution < 1.29 is 4.84 Å². The smallest absolute Gasteiger partial charge is 0.186 e. The molecule has 28 heavy (non-hydrogen) atoms. The average Bonchev–Trinajstić information content (AvgIpc) is 3.38. The normalized spacial score (nSPS) is 13.6. The molecule has 0 saturated heterocycles. The van der Waals surface area contributed by atoms with E-state index in [0.29, 0.717) is 6.73 Å². The molecule has 3 aromatic rings. The zero-order valence-corrected chi connectivity index (χ0v) is 17.4. The number of hydrogen-bond acceptors (Lipinski definition) is 6. The van der Waals surface area contributed by atoms with Crippen molar-refractivity contribution in [2.24, 2.45) is 4.99 Å². The van der Waals surface area contributed by atoms with Crippen molar-refractivity contribution in [3.8, 4) is 0 Å². The van der Waals surface area contributed by atoms with Gasteiger partial charge in [0.1, 0.15) is 0 Å². The number of benzene rings is 2. The van der Waals surface area contributed by atoms with Crippen molar-refractivity contribution in [3.05, 3.63) is 58.6 Å². The predicted molar refractivity (Wildman–Crippen MR) is 118 cm³/mol. The number of aliphatic imine (C=N–C) groups is 1. The van der Waals surface area contributed by atoms with Gasteiger partial charge in [0.2, 0.25) is 0 Å². The first kappa shape index (κ1) is 19.2. The number of unbranched alkanes of at least 4 members (excludes halogenated alkanes) is 1. The lowest BCUT2D eigenvalue weighted by molar-refractivity contribution is 0.115. The second-order valence-corrected chi connectivity index (χ2v) is 8.22. The average molecular weight is 415 g/mol. The zero-order chi connectivity index (χ0) is 19.3. The van der Waals surface area contributed by atoms with Crippen LogP contribution in [0.5, 0.6) is 0 Å². The Labute approximate surface area is 174 Å². The van der Waals surface area contributed by atoms with Crippen molar-refractivity contribution in [2.75, 3.05) is 24.7 Å². The standard InChI is InChI=1S/C21H23ClN4OS/c1-2-3-11-26(21-24-18-9-8-17(22)13-19(18)28-21)12-10-15-4-6-16(7-5-15)20-23-14-27-25-20/h4-9,13H,2-3,10-12,14H2,1H3,(H,23,25). The summed E-state index contributed by atoms with van der Waals surface area (Å²) in [6.45, 7) is 4.55. The summed E-state index contributed by atoms with van der Waals surface area (Å²) < 4.78 is 1.14. The highest BCUT2D eigenvalue weighted by molar-refractivity contribution is 7.22. The summed E-state index contributed by atoms with van der Waals surface area (Å²) in [6.07, 6.45) is 3.29. The van der Waals surface area contributed by atoms with E-state index in [-0.39, 0.29) is 0 Å². The highest BCUT2D eigenvalue weighted by atomic mass is 35.5. The second-order valence-electron chi connectivity index (χ2n) is 6.78. The van der Waals surface area contributed by atoms with Crippen molar-refractivity contribution >= 4 is 44.1 Å². The van der Waals surface area contributed by atoms with Crippen LogP contribution in [-0.4, -0.2) is 30.6 Å². The number of hydroxylamine groups is 1. The number of aromatic nitrogens is 1. The Morgan fingerprint density at radius 2 is 2.04 bits per heavy atom. The molecule has 1 N–H and O–H groups in total. The van der Waals surface area contributed by atoms with E-state index < -0.39 is 0 Å². The first-order chi connectivity index (χ1) is 13.7. The molecule has 146 valence electrons.